The molecule has 2 heterocycles. The highest BCUT2D eigenvalue weighted by Crippen LogP contribution is 2.41. The molecule has 0 fully saturated rings. The number of nitrogens with zero attached hydrogens (tertiary/aromatic N) is 3. The number of amides is 8. The number of halogens is 2. The van der Waals surface area contributed by atoms with Gasteiger partial charge in [0.1, 0.15) is 42.5 Å². The number of rotatable bonds is 20. The summed E-state index contributed by atoms with van der Waals surface area (Å²) in [6, 6.07) is 9.83. The van der Waals surface area contributed by atoms with Crippen LogP contribution < -0.4 is 27.0 Å². The molecule has 1 aromatic heterocycles. The van der Waals surface area contributed by atoms with E-state index in [1.54, 1.807) is 37.6 Å². The lowest BCUT2D eigenvalue weighted by molar-refractivity contribution is -0.141. The van der Waals surface area contributed by atoms with Gasteiger partial charge in [0.2, 0.25) is 29.5 Å². The number of carbonyl (C=O) groups excluding carboxylic acids is 8. The molecule has 7 N–H and O–H groups in total. The van der Waals surface area contributed by atoms with Crippen molar-refractivity contribution in [3.63, 3.8) is 0 Å². The SMILES string of the molecule is CC(C)(C)OC(=O)N[C@@H](CC(N)=O)C(=O)N[C@@H](CCN(C(=O)CO)[C@@H](c1cc(-c2cc(F)ccc2F)cn1Cc1ccccc1)C(C)(C)C)C(=O)NCCNC(=O)CN1C(=O)C=CC1=O. The van der Waals surface area contributed by atoms with Gasteiger partial charge in [-0.25, -0.2) is 13.6 Å². The lowest BCUT2D eigenvalue weighted by atomic mass is 9.82. The first kappa shape index (κ1) is 50.7. The van der Waals surface area contributed by atoms with Gasteiger partial charge in [-0.15, -0.1) is 0 Å². The highest BCUT2D eigenvalue weighted by Gasteiger charge is 2.38. The van der Waals surface area contributed by atoms with E-state index >= 15 is 4.39 Å². The molecule has 0 bridgehead atoms. The molecule has 3 atom stereocenters. The summed E-state index contributed by atoms with van der Waals surface area (Å²) in [6.45, 7) is 8.13. The van der Waals surface area contributed by atoms with Gasteiger partial charge in [-0.3, -0.25) is 38.5 Å². The lowest BCUT2D eigenvalue weighted by Gasteiger charge is -2.41. The molecule has 0 spiro atoms. The minimum atomic E-state index is -1.62. The molecular weight excluding hydrogens is 851 g/mol. The third-order valence-corrected chi connectivity index (χ3v) is 9.89. The quantitative estimate of drug-likeness (QED) is 0.0712. The zero-order chi connectivity index (χ0) is 48.2. The minimum Gasteiger partial charge on any atom is -0.444 e. The Kier molecular flexibility index (Phi) is 17.2. The molecular formula is C45H56F2N8O10. The topological polar surface area (TPSA) is 252 Å². The molecule has 0 aliphatic carbocycles. The van der Waals surface area contributed by atoms with Gasteiger partial charge in [0.15, 0.2) is 0 Å². The third kappa shape index (κ3) is 14.8. The van der Waals surface area contributed by atoms with Crippen molar-refractivity contribution in [2.24, 2.45) is 11.1 Å². The number of aliphatic hydroxyl groups excluding tert-OH is 1. The fourth-order valence-electron chi connectivity index (χ4n) is 7.07. The molecule has 2 aromatic carbocycles. The maximum Gasteiger partial charge on any atom is 0.408 e. The second-order valence-corrected chi connectivity index (χ2v) is 17.4. The van der Waals surface area contributed by atoms with Crippen molar-refractivity contribution in [1.82, 2.24) is 35.6 Å². The Bertz CT molecular complexity index is 2270. The number of primary amides is 1. The first-order valence-electron chi connectivity index (χ1n) is 20.7. The molecule has 350 valence electrons. The summed E-state index contributed by atoms with van der Waals surface area (Å²) in [5.74, 6) is -7.03. The van der Waals surface area contributed by atoms with Crippen LogP contribution in [0.2, 0.25) is 0 Å². The maximum atomic E-state index is 15.3. The molecule has 8 amide bonds. The second kappa shape index (κ2) is 22.1. The summed E-state index contributed by atoms with van der Waals surface area (Å²) in [7, 11) is 0. The van der Waals surface area contributed by atoms with Crippen LogP contribution in [0.1, 0.15) is 71.7 Å². The lowest BCUT2D eigenvalue weighted by Crippen LogP contribution is -2.56. The molecule has 4 rings (SSSR count). The van der Waals surface area contributed by atoms with Gasteiger partial charge < -0.3 is 46.3 Å². The molecule has 18 nitrogen and oxygen atoms in total. The zero-order valence-electron chi connectivity index (χ0n) is 37.1. The van der Waals surface area contributed by atoms with Crippen LogP contribution in [0.25, 0.3) is 11.1 Å². The Morgan fingerprint density at radius 1 is 0.846 bits per heavy atom. The Morgan fingerprint density at radius 2 is 1.49 bits per heavy atom. The molecule has 0 saturated heterocycles. The van der Waals surface area contributed by atoms with Gasteiger partial charge in [0.05, 0.1) is 12.5 Å². The largest absolute Gasteiger partial charge is 0.444 e. The van der Waals surface area contributed by atoms with Crippen molar-refractivity contribution >= 4 is 47.4 Å². The summed E-state index contributed by atoms with van der Waals surface area (Å²) >= 11 is 0. The molecule has 20 heteroatoms. The minimum absolute atomic E-state index is 0.0399. The Morgan fingerprint density at radius 3 is 2.09 bits per heavy atom. The fourth-order valence-corrected chi connectivity index (χ4v) is 7.07. The predicted octanol–water partition coefficient (Wildman–Crippen LogP) is 2.19. The van der Waals surface area contributed by atoms with Crippen LogP contribution in [0.3, 0.4) is 0 Å². The molecule has 1 aliphatic heterocycles. The van der Waals surface area contributed by atoms with E-state index in [0.29, 0.717) is 11.3 Å². The molecule has 3 aromatic rings. The monoisotopic (exact) mass is 906 g/mol. The number of imide groups is 1. The smallest absolute Gasteiger partial charge is 0.408 e. The number of carbonyl (C=O) groups is 8. The van der Waals surface area contributed by atoms with Crippen molar-refractivity contribution in [2.45, 2.75) is 84.7 Å². The molecule has 65 heavy (non-hydrogen) atoms. The van der Waals surface area contributed by atoms with Crippen molar-refractivity contribution in [2.75, 3.05) is 32.8 Å². The van der Waals surface area contributed by atoms with E-state index < -0.39 is 108 Å². The van der Waals surface area contributed by atoms with Crippen LogP contribution in [-0.4, -0.2) is 117 Å². The zero-order valence-corrected chi connectivity index (χ0v) is 37.1. The van der Waals surface area contributed by atoms with E-state index in [-0.39, 0.29) is 38.2 Å². The van der Waals surface area contributed by atoms with E-state index in [4.69, 9.17) is 10.5 Å². The first-order valence-corrected chi connectivity index (χ1v) is 20.7. The standard InChI is InChI=1S/C45H56F2N8O10/c1-44(2,3)40(34-20-28(30-21-29(46)12-13-31(30)47)24-53(34)23-27-10-8-7-9-11-27)54(39(61)26-56)19-16-32(51-42(63)33(22-35(48)57)52-43(64)65-45(4,5)6)41(62)50-18-17-49-36(58)25-55-37(59)14-15-38(55)60/h7-15,20-21,24,32-33,40,56H,16-19,22-23,25-26H2,1-6H3,(H2,48,57)(H,49,58)(H,50,62)(H,51,63)(H,52,64)/t32-,33-,40-/m0/s1. The van der Waals surface area contributed by atoms with E-state index in [9.17, 15) is 47.9 Å². The number of ether oxygens (including phenoxy) is 1. The Balaban J connectivity index is 1.69. The summed E-state index contributed by atoms with van der Waals surface area (Å²) < 4.78 is 36.8. The van der Waals surface area contributed by atoms with Crippen LogP contribution >= 0.6 is 0 Å². The highest BCUT2D eigenvalue weighted by molar-refractivity contribution is 6.14. The van der Waals surface area contributed by atoms with E-state index in [1.807, 2.05) is 51.1 Å². The summed E-state index contributed by atoms with van der Waals surface area (Å²) in [5.41, 5.74) is 5.11. The van der Waals surface area contributed by atoms with Gasteiger partial charge in [-0.1, -0.05) is 51.1 Å². The van der Waals surface area contributed by atoms with E-state index in [0.717, 1.165) is 40.8 Å². The second-order valence-electron chi connectivity index (χ2n) is 17.4. The van der Waals surface area contributed by atoms with Crippen molar-refractivity contribution in [3.05, 3.63) is 95.8 Å². The van der Waals surface area contributed by atoms with E-state index in [2.05, 4.69) is 21.3 Å². The molecule has 0 saturated carbocycles. The maximum absolute atomic E-state index is 15.3. The van der Waals surface area contributed by atoms with Gasteiger partial charge in [-0.05, 0) is 62.4 Å². The molecule has 0 radical (unpaired) electrons. The highest BCUT2D eigenvalue weighted by atomic mass is 19.1. The Hall–Kier alpha value is -6.96. The number of aliphatic hydroxyl groups is 1. The number of nitrogens with one attached hydrogen (secondary N) is 4. The summed E-state index contributed by atoms with van der Waals surface area (Å²) in [4.78, 5) is 105. The summed E-state index contributed by atoms with van der Waals surface area (Å²) in [6.07, 6.45) is 1.57. The summed E-state index contributed by atoms with van der Waals surface area (Å²) in [5, 5.41) is 20.2. The normalized spacial score (nSPS) is 14.0. The van der Waals surface area contributed by atoms with Crippen LogP contribution in [0.5, 0.6) is 0 Å². The van der Waals surface area contributed by atoms with Gasteiger partial charge >= 0.3 is 6.09 Å². The van der Waals surface area contributed by atoms with Crippen molar-refractivity contribution < 1.29 is 57.0 Å². The number of benzene rings is 2. The van der Waals surface area contributed by atoms with E-state index in [1.165, 1.54) is 4.90 Å². The van der Waals surface area contributed by atoms with Crippen LogP contribution in [0, 0.1) is 17.0 Å². The molecule has 1 aliphatic rings. The fraction of sp³-hybridized carbons (Fsp3) is 0.422. The average Bonchev–Trinajstić information content (AvgIpc) is 3.76. The predicted molar refractivity (Wildman–Crippen MR) is 232 cm³/mol. The number of hydrogen-bond acceptors (Lipinski definition) is 10. The number of aromatic nitrogens is 1. The first-order chi connectivity index (χ1) is 30.5. The van der Waals surface area contributed by atoms with Crippen LogP contribution in [-0.2, 0) is 44.8 Å². The van der Waals surface area contributed by atoms with Gasteiger partial charge in [0, 0.05) is 61.3 Å². The average molecular weight is 907 g/mol. The van der Waals surface area contributed by atoms with Gasteiger partial charge in [0.25, 0.3) is 11.8 Å². The Labute approximate surface area is 374 Å². The van der Waals surface area contributed by atoms with Crippen molar-refractivity contribution in [1.29, 1.82) is 0 Å². The van der Waals surface area contributed by atoms with Crippen LogP contribution in [0.4, 0.5) is 13.6 Å². The number of hydrogen-bond donors (Lipinski definition) is 6. The number of alkyl carbamates (subject to hydrolysis) is 1. The molecule has 0 unspecified atom stereocenters. The van der Waals surface area contributed by atoms with Crippen LogP contribution in [0.15, 0.2) is 72.9 Å². The number of nitrogens with two attached hydrogens (primary N) is 1. The van der Waals surface area contributed by atoms with Gasteiger partial charge in [-0.2, -0.15) is 0 Å². The third-order valence-electron chi connectivity index (χ3n) is 9.89. The van der Waals surface area contributed by atoms with Crippen molar-refractivity contribution in [3.8, 4) is 11.1 Å².